The molecule has 35 heavy (non-hydrogen) atoms. The van der Waals surface area contributed by atoms with Crippen molar-refractivity contribution in [3.05, 3.63) is 35.9 Å². The number of amides is 3. The zero-order chi connectivity index (χ0) is 26.0. The van der Waals surface area contributed by atoms with Crippen molar-refractivity contribution in [2.45, 2.75) is 76.5 Å². The number of benzene rings is 1. The number of carbonyl (C=O) groups is 4. The van der Waals surface area contributed by atoms with Gasteiger partial charge in [-0.05, 0) is 43.7 Å². The number of carboxylic acids is 1. The van der Waals surface area contributed by atoms with Gasteiger partial charge >= 0.3 is 5.97 Å². The molecule has 10 nitrogen and oxygen atoms in total. The third-order valence-corrected chi connectivity index (χ3v) is 6.27. The van der Waals surface area contributed by atoms with Gasteiger partial charge in [0, 0.05) is 13.0 Å². The molecule has 1 aliphatic heterocycles. The second-order valence-corrected chi connectivity index (χ2v) is 9.40. The first-order chi connectivity index (χ1) is 16.6. The zero-order valence-corrected chi connectivity index (χ0v) is 20.6. The highest BCUT2D eigenvalue weighted by Gasteiger charge is 2.38. The molecule has 3 amide bonds. The Hall–Kier alpha value is -2.98. The maximum Gasteiger partial charge on any atom is 0.326 e. The maximum atomic E-state index is 13.1. The molecule has 1 fully saturated rings. The maximum absolute atomic E-state index is 13.1. The van der Waals surface area contributed by atoms with Crippen molar-refractivity contribution in [1.82, 2.24) is 15.5 Å². The number of aliphatic carboxylic acids is 1. The van der Waals surface area contributed by atoms with Gasteiger partial charge in [0.05, 0.1) is 6.04 Å². The summed E-state index contributed by atoms with van der Waals surface area (Å²) in [6, 6.07) is 5.50. The number of likely N-dealkylation sites (tertiary alicyclic amines) is 1. The van der Waals surface area contributed by atoms with Crippen LogP contribution in [0.3, 0.4) is 0 Å². The van der Waals surface area contributed by atoms with Crippen LogP contribution in [0.25, 0.3) is 0 Å². The number of hydrogen-bond acceptors (Lipinski definition) is 6. The van der Waals surface area contributed by atoms with Crippen molar-refractivity contribution in [3.63, 3.8) is 0 Å². The van der Waals surface area contributed by atoms with Crippen molar-refractivity contribution < 1.29 is 24.3 Å². The van der Waals surface area contributed by atoms with Gasteiger partial charge in [-0.15, -0.1) is 0 Å². The normalized spacial score (nSPS) is 18.1. The summed E-state index contributed by atoms with van der Waals surface area (Å²) < 4.78 is 0. The summed E-state index contributed by atoms with van der Waals surface area (Å²) in [5.74, 6) is -2.75. The predicted molar refractivity (Wildman–Crippen MR) is 132 cm³/mol. The Balaban J connectivity index is 2.04. The fourth-order valence-electron chi connectivity index (χ4n) is 4.24. The Labute approximate surface area is 206 Å². The Morgan fingerprint density at radius 1 is 1.11 bits per heavy atom. The average Bonchev–Trinajstić information content (AvgIpc) is 3.32. The monoisotopic (exact) mass is 489 g/mol. The molecule has 1 aromatic rings. The minimum atomic E-state index is -1.16. The number of nitrogens with one attached hydrogen (secondary N) is 2. The summed E-state index contributed by atoms with van der Waals surface area (Å²) in [6.45, 7) is 4.49. The van der Waals surface area contributed by atoms with Crippen molar-refractivity contribution in [2.75, 3.05) is 13.1 Å². The molecule has 0 aromatic heterocycles. The van der Waals surface area contributed by atoms with E-state index in [9.17, 15) is 24.3 Å². The summed E-state index contributed by atoms with van der Waals surface area (Å²) in [5, 5.41) is 14.9. The van der Waals surface area contributed by atoms with Crippen LogP contribution in [0.4, 0.5) is 0 Å². The molecule has 194 valence electrons. The second kappa shape index (κ2) is 13.8. The van der Waals surface area contributed by atoms with E-state index < -0.39 is 42.0 Å². The predicted octanol–water partition coefficient (Wildman–Crippen LogP) is 0.387. The van der Waals surface area contributed by atoms with Crippen molar-refractivity contribution >= 4 is 23.7 Å². The standard InChI is InChI=1S/C25H39N5O5/c1-16(2)21(23(32)28-19(25(34)35)15-17-9-4-3-5-10-17)29-22(31)20-12-8-14-30(20)24(33)18(27)11-6-7-13-26/h3-5,9-10,16,18-21H,6-8,11-15,26-27H2,1-2H3,(H,28,32)(H,29,31)(H,34,35). The molecule has 0 aliphatic carbocycles. The topological polar surface area (TPSA) is 168 Å². The Morgan fingerprint density at radius 3 is 2.40 bits per heavy atom. The van der Waals surface area contributed by atoms with Crippen LogP contribution in [0.5, 0.6) is 0 Å². The lowest BCUT2D eigenvalue weighted by Crippen LogP contribution is -2.58. The lowest BCUT2D eigenvalue weighted by molar-refractivity contribution is -0.143. The first-order valence-electron chi connectivity index (χ1n) is 12.3. The molecular formula is C25H39N5O5. The first kappa shape index (κ1) is 28.3. The van der Waals surface area contributed by atoms with Gasteiger partial charge in [0.2, 0.25) is 17.7 Å². The Kier molecular flexibility index (Phi) is 11.1. The molecule has 2 rings (SSSR count). The molecule has 4 unspecified atom stereocenters. The highest BCUT2D eigenvalue weighted by atomic mass is 16.4. The highest BCUT2D eigenvalue weighted by Crippen LogP contribution is 2.20. The highest BCUT2D eigenvalue weighted by molar-refractivity contribution is 5.94. The van der Waals surface area contributed by atoms with Gasteiger partial charge in [-0.1, -0.05) is 50.6 Å². The van der Waals surface area contributed by atoms with Gasteiger partial charge in [0.15, 0.2) is 0 Å². The van der Waals surface area contributed by atoms with Crippen molar-refractivity contribution in [3.8, 4) is 0 Å². The molecular weight excluding hydrogens is 450 g/mol. The third kappa shape index (κ3) is 8.32. The lowest BCUT2D eigenvalue weighted by Gasteiger charge is -2.29. The first-order valence-corrected chi connectivity index (χ1v) is 12.3. The third-order valence-electron chi connectivity index (χ3n) is 6.27. The zero-order valence-electron chi connectivity index (χ0n) is 20.6. The minimum Gasteiger partial charge on any atom is -0.480 e. The van der Waals surface area contributed by atoms with E-state index in [1.54, 1.807) is 38.1 Å². The number of carbonyl (C=O) groups excluding carboxylic acids is 3. The summed E-state index contributed by atoms with van der Waals surface area (Å²) >= 11 is 0. The van der Waals surface area contributed by atoms with Crippen molar-refractivity contribution in [1.29, 1.82) is 0 Å². The number of rotatable bonds is 13. The number of nitrogens with zero attached hydrogens (tertiary/aromatic N) is 1. The number of unbranched alkanes of at least 4 members (excludes halogenated alkanes) is 1. The molecule has 0 bridgehead atoms. The number of carboxylic acid groups (broad SMARTS) is 1. The SMILES string of the molecule is CC(C)C(NC(=O)C1CCCN1C(=O)C(N)CCCCN)C(=O)NC(Cc1ccccc1)C(=O)O. The Morgan fingerprint density at radius 2 is 1.80 bits per heavy atom. The van der Waals surface area contributed by atoms with Crippen LogP contribution in [0.2, 0.25) is 0 Å². The molecule has 10 heteroatoms. The van der Waals surface area contributed by atoms with Crippen LogP contribution in [0, 0.1) is 5.92 Å². The van der Waals surface area contributed by atoms with E-state index in [1.165, 1.54) is 4.90 Å². The van der Waals surface area contributed by atoms with E-state index in [4.69, 9.17) is 11.5 Å². The molecule has 4 atom stereocenters. The van der Waals surface area contributed by atoms with Gasteiger partial charge < -0.3 is 32.1 Å². The molecule has 0 radical (unpaired) electrons. The number of nitrogens with two attached hydrogens (primary N) is 2. The minimum absolute atomic E-state index is 0.119. The molecule has 1 aromatic carbocycles. The van der Waals surface area contributed by atoms with Crippen molar-refractivity contribution in [2.24, 2.45) is 17.4 Å². The van der Waals surface area contributed by atoms with Gasteiger partial charge in [-0.25, -0.2) is 4.79 Å². The fourth-order valence-corrected chi connectivity index (χ4v) is 4.24. The second-order valence-electron chi connectivity index (χ2n) is 9.40. The van der Waals surface area contributed by atoms with Gasteiger partial charge in [-0.2, -0.15) is 0 Å². The quantitative estimate of drug-likeness (QED) is 0.250. The number of hydrogen-bond donors (Lipinski definition) is 5. The van der Waals surface area contributed by atoms with Gasteiger partial charge in [-0.3, -0.25) is 14.4 Å². The van der Waals surface area contributed by atoms with E-state index in [0.29, 0.717) is 32.4 Å². The molecule has 0 saturated carbocycles. The van der Waals surface area contributed by atoms with Crippen LogP contribution < -0.4 is 22.1 Å². The lowest BCUT2D eigenvalue weighted by atomic mass is 10.0. The average molecular weight is 490 g/mol. The van der Waals surface area contributed by atoms with E-state index in [2.05, 4.69) is 10.6 Å². The van der Waals surface area contributed by atoms with E-state index in [1.807, 2.05) is 6.07 Å². The van der Waals surface area contributed by atoms with Crippen LogP contribution >= 0.6 is 0 Å². The summed E-state index contributed by atoms with van der Waals surface area (Å²) in [7, 11) is 0. The van der Waals surface area contributed by atoms with Crippen LogP contribution in [0.15, 0.2) is 30.3 Å². The molecule has 7 N–H and O–H groups in total. The van der Waals surface area contributed by atoms with Crippen LogP contribution in [0.1, 0.15) is 51.5 Å². The van der Waals surface area contributed by atoms with Crippen LogP contribution in [-0.2, 0) is 25.6 Å². The molecule has 1 saturated heterocycles. The largest absolute Gasteiger partial charge is 0.480 e. The van der Waals surface area contributed by atoms with Gasteiger partial charge in [0.25, 0.3) is 0 Å². The van der Waals surface area contributed by atoms with Gasteiger partial charge in [0.1, 0.15) is 18.1 Å². The molecule has 1 aliphatic rings. The summed E-state index contributed by atoms with van der Waals surface area (Å²) in [4.78, 5) is 52.2. The van der Waals surface area contributed by atoms with E-state index in [0.717, 1.165) is 18.4 Å². The fraction of sp³-hybridized carbons (Fsp3) is 0.600. The summed E-state index contributed by atoms with van der Waals surface area (Å²) in [6.07, 6.45) is 3.26. The van der Waals surface area contributed by atoms with E-state index >= 15 is 0 Å². The molecule has 1 heterocycles. The molecule has 0 spiro atoms. The van der Waals surface area contributed by atoms with Crippen LogP contribution in [-0.4, -0.2) is 71.0 Å². The van der Waals surface area contributed by atoms with E-state index in [-0.39, 0.29) is 18.2 Å². The Bertz CT molecular complexity index is 863. The smallest absolute Gasteiger partial charge is 0.326 e. The summed E-state index contributed by atoms with van der Waals surface area (Å²) in [5.41, 5.74) is 12.3.